The van der Waals surface area contributed by atoms with Crippen molar-refractivity contribution in [2.45, 2.75) is 33.0 Å². The summed E-state index contributed by atoms with van der Waals surface area (Å²) in [5.74, 6) is -0.309. The van der Waals surface area contributed by atoms with Crippen molar-refractivity contribution in [2.24, 2.45) is 0 Å². The van der Waals surface area contributed by atoms with Gasteiger partial charge in [-0.2, -0.15) is 5.10 Å². The lowest BCUT2D eigenvalue weighted by atomic mass is 10.2. The van der Waals surface area contributed by atoms with Crippen LogP contribution in [0.4, 0.5) is 4.79 Å². The second-order valence-corrected chi connectivity index (χ2v) is 4.86. The molecule has 8 heteroatoms. The summed E-state index contributed by atoms with van der Waals surface area (Å²) < 4.78 is 11.7. The summed E-state index contributed by atoms with van der Waals surface area (Å²) in [7, 11) is 1.64. The van der Waals surface area contributed by atoms with Gasteiger partial charge in [-0.3, -0.25) is 9.48 Å². The number of alkyl carbamates (subject to hydrolysis) is 1. The maximum absolute atomic E-state index is 11.9. The van der Waals surface area contributed by atoms with Crippen molar-refractivity contribution in [3.63, 3.8) is 0 Å². The van der Waals surface area contributed by atoms with Crippen molar-refractivity contribution in [3.8, 4) is 0 Å². The van der Waals surface area contributed by atoms with E-state index in [1.807, 2.05) is 18.5 Å². The van der Waals surface area contributed by atoms with Crippen molar-refractivity contribution in [2.75, 3.05) is 20.3 Å². The van der Waals surface area contributed by atoms with Gasteiger partial charge in [0, 0.05) is 24.9 Å². The van der Waals surface area contributed by atoms with Gasteiger partial charge in [0.05, 0.1) is 25.4 Å². The Bertz CT molecular complexity index is 541. The fraction of sp³-hybridized carbons (Fsp3) is 0.615. The van der Waals surface area contributed by atoms with Crippen LogP contribution in [-0.4, -0.2) is 48.1 Å². The Morgan fingerprint density at radius 1 is 1.57 bits per heavy atom. The second-order valence-electron chi connectivity index (χ2n) is 4.86. The van der Waals surface area contributed by atoms with Gasteiger partial charge >= 0.3 is 6.09 Å². The molecule has 0 unspecified atom stereocenters. The molecule has 1 aliphatic heterocycles. The van der Waals surface area contributed by atoms with Crippen molar-refractivity contribution in [1.82, 2.24) is 20.4 Å². The Morgan fingerprint density at radius 3 is 2.95 bits per heavy atom. The summed E-state index contributed by atoms with van der Waals surface area (Å²) in [6, 6.07) is 0. The van der Waals surface area contributed by atoms with Crippen LogP contribution in [0.15, 0.2) is 0 Å². The van der Waals surface area contributed by atoms with Crippen LogP contribution in [0.2, 0.25) is 0 Å². The van der Waals surface area contributed by atoms with Gasteiger partial charge in [-0.1, -0.05) is 0 Å². The Kier molecular flexibility index (Phi) is 4.79. The number of amides is 2. The van der Waals surface area contributed by atoms with Gasteiger partial charge < -0.3 is 20.1 Å². The predicted octanol–water partition coefficient (Wildman–Crippen LogP) is -0.129. The highest BCUT2D eigenvalue weighted by Gasteiger charge is 2.29. The zero-order valence-electron chi connectivity index (χ0n) is 12.4. The van der Waals surface area contributed by atoms with Crippen LogP contribution in [0.1, 0.15) is 17.0 Å². The maximum Gasteiger partial charge on any atom is 0.408 e. The van der Waals surface area contributed by atoms with E-state index in [1.54, 1.807) is 7.11 Å². The number of hydrogen-bond acceptors (Lipinski definition) is 5. The lowest BCUT2D eigenvalue weighted by Crippen LogP contribution is -2.36. The molecule has 1 fully saturated rings. The topological polar surface area (TPSA) is 94.5 Å². The molecule has 21 heavy (non-hydrogen) atoms. The molecular weight excluding hydrogens is 276 g/mol. The zero-order chi connectivity index (χ0) is 15.4. The molecule has 2 amide bonds. The number of cyclic esters (lactones) is 1. The normalized spacial score (nSPS) is 17.5. The number of aromatic nitrogens is 2. The van der Waals surface area contributed by atoms with E-state index in [0.29, 0.717) is 19.7 Å². The standard InChI is InChI=1S/C13H20N4O4/c1-8-10(9(2)17(16-8)4-5-20-3)6-14-12(18)11-7-15-13(19)21-11/h11H,4-7H2,1-3H3,(H,14,18)(H,15,19)/t11-/m0/s1. The van der Waals surface area contributed by atoms with E-state index in [1.165, 1.54) is 0 Å². The zero-order valence-corrected chi connectivity index (χ0v) is 12.4. The minimum absolute atomic E-state index is 0.204. The number of hydrogen-bond donors (Lipinski definition) is 2. The van der Waals surface area contributed by atoms with Crippen molar-refractivity contribution in [3.05, 3.63) is 17.0 Å². The van der Waals surface area contributed by atoms with E-state index in [9.17, 15) is 9.59 Å². The van der Waals surface area contributed by atoms with Gasteiger partial charge in [0.1, 0.15) is 0 Å². The number of ether oxygens (including phenoxy) is 2. The SMILES string of the molecule is COCCn1nc(C)c(CNC(=O)[C@@H]2CNC(=O)O2)c1C. The molecule has 1 atom stereocenters. The van der Waals surface area contributed by atoms with E-state index < -0.39 is 12.2 Å². The number of nitrogens with zero attached hydrogens (tertiary/aromatic N) is 2. The van der Waals surface area contributed by atoms with Crippen LogP contribution < -0.4 is 10.6 Å². The lowest BCUT2D eigenvalue weighted by Gasteiger charge is -2.09. The van der Waals surface area contributed by atoms with Gasteiger partial charge in [0.15, 0.2) is 6.10 Å². The number of rotatable bonds is 6. The van der Waals surface area contributed by atoms with Crippen LogP contribution in [0, 0.1) is 13.8 Å². The molecule has 116 valence electrons. The molecular formula is C13H20N4O4. The summed E-state index contributed by atoms with van der Waals surface area (Å²) in [6.07, 6.45) is -1.32. The molecule has 1 aliphatic rings. The molecule has 0 bridgehead atoms. The first-order valence-electron chi connectivity index (χ1n) is 6.77. The molecule has 1 saturated heterocycles. The Balaban J connectivity index is 1.95. The van der Waals surface area contributed by atoms with Crippen LogP contribution >= 0.6 is 0 Å². The minimum atomic E-state index is -0.762. The van der Waals surface area contributed by atoms with Gasteiger partial charge in [-0.05, 0) is 13.8 Å². The fourth-order valence-corrected chi connectivity index (χ4v) is 2.21. The van der Waals surface area contributed by atoms with Crippen molar-refractivity contribution >= 4 is 12.0 Å². The van der Waals surface area contributed by atoms with Crippen LogP contribution in [0.3, 0.4) is 0 Å². The average molecular weight is 296 g/mol. The number of aryl methyl sites for hydroxylation is 1. The molecule has 1 aromatic rings. The largest absolute Gasteiger partial charge is 0.434 e. The Morgan fingerprint density at radius 2 is 2.33 bits per heavy atom. The first-order chi connectivity index (χ1) is 10.0. The van der Waals surface area contributed by atoms with Gasteiger partial charge in [-0.15, -0.1) is 0 Å². The van der Waals surface area contributed by atoms with E-state index in [4.69, 9.17) is 9.47 Å². The quantitative estimate of drug-likeness (QED) is 0.762. The summed E-state index contributed by atoms with van der Waals surface area (Å²) in [5.41, 5.74) is 2.83. The van der Waals surface area contributed by atoms with E-state index >= 15 is 0 Å². The minimum Gasteiger partial charge on any atom is -0.434 e. The third-order valence-electron chi connectivity index (χ3n) is 3.45. The van der Waals surface area contributed by atoms with Crippen LogP contribution in [-0.2, 0) is 27.4 Å². The average Bonchev–Trinajstić information content (AvgIpc) is 2.99. The van der Waals surface area contributed by atoms with Crippen LogP contribution in [0.25, 0.3) is 0 Å². The highest BCUT2D eigenvalue weighted by molar-refractivity contribution is 5.86. The van der Waals surface area contributed by atoms with Crippen molar-refractivity contribution in [1.29, 1.82) is 0 Å². The molecule has 0 saturated carbocycles. The van der Waals surface area contributed by atoms with E-state index in [0.717, 1.165) is 17.0 Å². The number of carbonyl (C=O) groups excluding carboxylic acids is 2. The summed E-state index contributed by atoms with van der Waals surface area (Å²) >= 11 is 0. The monoisotopic (exact) mass is 296 g/mol. The molecule has 0 spiro atoms. The van der Waals surface area contributed by atoms with Crippen LogP contribution in [0.5, 0.6) is 0 Å². The molecule has 1 aromatic heterocycles. The smallest absolute Gasteiger partial charge is 0.408 e. The fourth-order valence-electron chi connectivity index (χ4n) is 2.21. The van der Waals surface area contributed by atoms with Gasteiger partial charge in [-0.25, -0.2) is 4.79 Å². The third-order valence-corrected chi connectivity index (χ3v) is 3.45. The Hall–Kier alpha value is -2.09. The number of methoxy groups -OCH3 is 1. The molecule has 2 N–H and O–H groups in total. The van der Waals surface area contributed by atoms with Gasteiger partial charge in [0.25, 0.3) is 5.91 Å². The van der Waals surface area contributed by atoms with E-state index in [2.05, 4.69) is 15.7 Å². The third kappa shape index (κ3) is 3.52. The first-order valence-corrected chi connectivity index (χ1v) is 6.77. The number of nitrogens with one attached hydrogen (secondary N) is 2. The first kappa shape index (κ1) is 15.3. The summed E-state index contributed by atoms with van der Waals surface area (Å²) in [4.78, 5) is 22.8. The van der Waals surface area contributed by atoms with E-state index in [-0.39, 0.29) is 12.5 Å². The highest BCUT2D eigenvalue weighted by atomic mass is 16.6. The number of carbonyl (C=O) groups is 2. The second kappa shape index (κ2) is 6.57. The maximum atomic E-state index is 11.9. The van der Waals surface area contributed by atoms with Gasteiger partial charge in [0.2, 0.25) is 0 Å². The molecule has 0 aliphatic carbocycles. The Labute approximate surface area is 122 Å². The predicted molar refractivity (Wildman–Crippen MR) is 73.7 cm³/mol. The molecule has 2 heterocycles. The molecule has 2 rings (SSSR count). The highest BCUT2D eigenvalue weighted by Crippen LogP contribution is 2.13. The lowest BCUT2D eigenvalue weighted by molar-refractivity contribution is -0.127. The molecule has 0 radical (unpaired) electrons. The van der Waals surface area contributed by atoms with Crippen molar-refractivity contribution < 1.29 is 19.1 Å². The summed E-state index contributed by atoms with van der Waals surface area (Å²) in [5, 5.41) is 9.64. The molecule has 0 aromatic carbocycles. The molecule has 8 nitrogen and oxygen atoms in total. The summed E-state index contributed by atoms with van der Waals surface area (Å²) in [6.45, 7) is 5.66.